The number of benzene rings is 1. The molecule has 0 atom stereocenters. The van der Waals surface area contributed by atoms with Gasteiger partial charge in [0.1, 0.15) is 11.3 Å². The number of aromatic nitrogens is 1. The highest BCUT2D eigenvalue weighted by atomic mass is 16.5. The summed E-state index contributed by atoms with van der Waals surface area (Å²) in [5, 5.41) is 2.64. The molecule has 18 heavy (non-hydrogen) atoms. The number of ether oxygens (including phenoxy) is 1. The molecular formula is C13H12N2O3. The zero-order valence-electron chi connectivity index (χ0n) is 9.77. The van der Waals surface area contributed by atoms with E-state index in [1.807, 2.05) is 0 Å². The maximum Gasteiger partial charge on any atom is 0.261 e. The first kappa shape index (κ1) is 11.9. The first-order chi connectivity index (χ1) is 8.70. The molecule has 1 heterocycles. The van der Waals surface area contributed by atoms with Crippen LogP contribution < -0.4 is 15.5 Å². The molecule has 1 amide bonds. The average molecular weight is 244 g/mol. The number of H-pyrrole nitrogens is 1. The van der Waals surface area contributed by atoms with Crippen molar-refractivity contribution in [3.8, 4) is 5.75 Å². The number of rotatable bonds is 3. The summed E-state index contributed by atoms with van der Waals surface area (Å²) in [6.45, 7) is 0. The summed E-state index contributed by atoms with van der Waals surface area (Å²) in [5.74, 6) is 0.257. The molecule has 5 heteroatoms. The predicted molar refractivity (Wildman–Crippen MR) is 68.0 cm³/mol. The van der Waals surface area contributed by atoms with Crippen molar-refractivity contribution in [2.75, 3.05) is 12.4 Å². The zero-order chi connectivity index (χ0) is 13.0. The number of carbonyl (C=O) groups excluding carboxylic acids is 1. The third-order valence-electron chi connectivity index (χ3n) is 2.42. The number of amides is 1. The summed E-state index contributed by atoms with van der Waals surface area (Å²) in [7, 11) is 1.57. The third kappa shape index (κ3) is 2.57. The Labute approximate surface area is 103 Å². The van der Waals surface area contributed by atoms with Crippen molar-refractivity contribution in [1.29, 1.82) is 0 Å². The standard InChI is InChI=1S/C13H12N2O3/c1-18-10-4-2-9(3-5-10)15-13(17)11-8-14-7-6-12(11)16/h2-8H,1H3,(H,14,16)(H,15,17). The van der Waals surface area contributed by atoms with Gasteiger partial charge in [-0.1, -0.05) is 0 Å². The van der Waals surface area contributed by atoms with E-state index in [2.05, 4.69) is 10.3 Å². The van der Waals surface area contributed by atoms with Crippen molar-refractivity contribution in [3.05, 3.63) is 58.5 Å². The first-order valence-corrected chi connectivity index (χ1v) is 5.33. The van der Waals surface area contributed by atoms with Gasteiger partial charge in [0.25, 0.3) is 5.91 Å². The van der Waals surface area contributed by atoms with Crippen LogP contribution in [0.1, 0.15) is 10.4 Å². The van der Waals surface area contributed by atoms with Gasteiger partial charge in [0.15, 0.2) is 5.43 Å². The van der Waals surface area contributed by atoms with Crippen molar-refractivity contribution in [1.82, 2.24) is 4.98 Å². The number of aromatic amines is 1. The molecule has 0 saturated carbocycles. The first-order valence-electron chi connectivity index (χ1n) is 5.33. The van der Waals surface area contributed by atoms with Crippen LogP contribution in [0.4, 0.5) is 5.69 Å². The molecule has 2 N–H and O–H groups in total. The molecule has 2 aromatic rings. The molecule has 0 aliphatic rings. The van der Waals surface area contributed by atoms with Crippen LogP contribution in [0.5, 0.6) is 5.75 Å². The zero-order valence-corrected chi connectivity index (χ0v) is 9.77. The van der Waals surface area contributed by atoms with Crippen LogP contribution in [0.3, 0.4) is 0 Å². The molecule has 2 rings (SSSR count). The molecule has 0 aliphatic heterocycles. The van der Waals surface area contributed by atoms with Crippen molar-refractivity contribution < 1.29 is 9.53 Å². The van der Waals surface area contributed by atoms with E-state index in [0.717, 1.165) is 0 Å². The van der Waals surface area contributed by atoms with Crippen LogP contribution in [-0.4, -0.2) is 18.0 Å². The Morgan fingerprint density at radius 2 is 1.94 bits per heavy atom. The predicted octanol–water partition coefficient (Wildman–Crippen LogP) is 1.64. The number of pyridine rings is 1. The van der Waals surface area contributed by atoms with Crippen LogP contribution in [0.25, 0.3) is 0 Å². The summed E-state index contributed by atoms with van der Waals surface area (Å²) in [6, 6.07) is 8.17. The fourth-order valence-corrected chi connectivity index (χ4v) is 1.47. The lowest BCUT2D eigenvalue weighted by molar-refractivity contribution is 0.102. The molecular weight excluding hydrogens is 232 g/mol. The van der Waals surface area contributed by atoms with Crippen molar-refractivity contribution in [3.63, 3.8) is 0 Å². The van der Waals surface area contributed by atoms with Crippen LogP contribution in [0.15, 0.2) is 47.5 Å². The van der Waals surface area contributed by atoms with Crippen molar-refractivity contribution in [2.24, 2.45) is 0 Å². The van der Waals surface area contributed by atoms with Gasteiger partial charge >= 0.3 is 0 Å². The highest BCUT2D eigenvalue weighted by Gasteiger charge is 2.09. The molecule has 0 unspecified atom stereocenters. The van der Waals surface area contributed by atoms with E-state index in [1.165, 1.54) is 18.5 Å². The Kier molecular flexibility index (Phi) is 3.43. The minimum absolute atomic E-state index is 0.0771. The summed E-state index contributed by atoms with van der Waals surface area (Å²) < 4.78 is 5.01. The largest absolute Gasteiger partial charge is 0.497 e. The Morgan fingerprint density at radius 1 is 1.22 bits per heavy atom. The molecule has 1 aromatic heterocycles. The maximum absolute atomic E-state index is 11.8. The second-order valence-corrected chi connectivity index (χ2v) is 3.60. The van der Waals surface area contributed by atoms with Gasteiger partial charge in [-0.25, -0.2) is 0 Å². The number of carbonyl (C=O) groups is 1. The summed E-state index contributed by atoms with van der Waals surface area (Å²) >= 11 is 0. The Morgan fingerprint density at radius 3 is 2.56 bits per heavy atom. The third-order valence-corrected chi connectivity index (χ3v) is 2.42. The van der Waals surface area contributed by atoms with Gasteiger partial charge in [-0.2, -0.15) is 0 Å². The molecule has 5 nitrogen and oxygen atoms in total. The number of methoxy groups -OCH3 is 1. The van der Waals surface area contributed by atoms with Gasteiger partial charge in [-0.15, -0.1) is 0 Å². The van der Waals surface area contributed by atoms with Gasteiger partial charge in [-0.05, 0) is 24.3 Å². The smallest absolute Gasteiger partial charge is 0.261 e. The van der Waals surface area contributed by atoms with Crippen molar-refractivity contribution >= 4 is 11.6 Å². The number of hydrogen-bond acceptors (Lipinski definition) is 3. The van der Waals surface area contributed by atoms with Crippen LogP contribution >= 0.6 is 0 Å². The maximum atomic E-state index is 11.8. The quantitative estimate of drug-likeness (QED) is 0.862. The minimum Gasteiger partial charge on any atom is -0.497 e. The molecule has 92 valence electrons. The molecule has 1 aromatic carbocycles. The minimum atomic E-state index is -0.443. The number of nitrogens with one attached hydrogen (secondary N) is 2. The van der Waals surface area contributed by atoms with E-state index in [4.69, 9.17) is 4.74 Å². The van der Waals surface area contributed by atoms with Gasteiger partial charge in [0, 0.05) is 24.1 Å². The Balaban J connectivity index is 2.16. The number of anilines is 1. The normalized spacial score (nSPS) is 9.83. The van der Waals surface area contributed by atoms with Gasteiger partial charge in [0.2, 0.25) is 0 Å². The van der Waals surface area contributed by atoms with Crippen LogP contribution in [0, 0.1) is 0 Å². The second kappa shape index (κ2) is 5.18. The lowest BCUT2D eigenvalue weighted by Gasteiger charge is -2.05. The van der Waals surface area contributed by atoms with Crippen molar-refractivity contribution in [2.45, 2.75) is 0 Å². The molecule has 0 saturated heterocycles. The number of hydrogen-bond donors (Lipinski definition) is 2. The fourth-order valence-electron chi connectivity index (χ4n) is 1.47. The fraction of sp³-hybridized carbons (Fsp3) is 0.0769. The van der Waals surface area contributed by atoms with Gasteiger partial charge in [-0.3, -0.25) is 9.59 Å². The lowest BCUT2D eigenvalue weighted by atomic mass is 10.2. The van der Waals surface area contributed by atoms with Crippen LogP contribution in [-0.2, 0) is 0 Å². The molecule has 0 bridgehead atoms. The lowest BCUT2D eigenvalue weighted by Crippen LogP contribution is -2.20. The highest BCUT2D eigenvalue weighted by molar-refractivity contribution is 6.03. The van der Waals surface area contributed by atoms with E-state index in [9.17, 15) is 9.59 Å². The molecule has 0 spiro atoms. The van der Waals surface area contributed by atoms with E-state index in [-0.39, 0.29) is 11.0 Å². The van der Waals surface area contributed by atoms with Crippen LogP contribution in [0.2, 0.25) is 0 Å². The van der Waals surface area contributed by atoms with E-state index < -0.39 is 5.91 Å². The van der Waals surface area contributed by atoms with E-state index >= 15 is 0 Å². The Hall–Kier alpha value is -2.56. The monoisotopic (exact) mass is 244 g/mol. The topological polar surface area (TPSA) is 71.2 Å². The van der Waals surface area contributed by atoms with E-state index in [0.29, 0.717) is 11.4 Å². The van der Waals surface area contributed by atoms with E-state index in [1.54, 1.807) is 31.4 Å². The summed E-state index contributed by atoms with van der Waals surface area (Å²) in [4.78, 5) is 26.0. The molecule has 0 aliphatic carbocycles. The molecule has 0 fully saturated rings. The highest BCUT2D eigenvalue weighted by Crippen LogP contribution is 2.15. The average Bonchev–Trinajstić information content (AvgIpc) is 2.40. The summed E-state index contributed by atoms with van der Waals surface area (Å²) in [6.07, 6.45) is 2.85. The Bertz CT molecular complexity index is 602. The van der Waals surface area contributed by atoms with Gasteiger partial charge in [0.05, 0.1) is 7.11 Å². The van der Waals surface area contributed by atoms with Gasteiger partial charge < -0.3 is 15.0 Å². The summed E-state index contributed by atoms with van der Waals surface area (Å²) in [5.41, 5.74) is 0.358. The second-order valence-electron chi connectivity index (χ2n) is 3.60. The molecule has 0 radical (unpaired) electrons. The SMILES string of the molecule is COc1ccc(NC(=O)c2c[nH]ccc2=O)cc1.